The first-order valence-corrected chi connectivity index (χ1v) is 7.35. The number of hydrogen-bond acceptors (Lipinski definition) is 1. The number of carbonyl (C=O) groups is 1. The Balaban J connectivity index is 1.69. The number of hydrogen-bond donors (Lipinski definition) is 1. The number of amides is 1. The van der Waals surface area contributed by atoms with Gasteiger partial charge in [0.05, 0.1) is 12.1 Å². The fraction of sp³-hybridized carbons (Fsp3) is 0.235. The summed E-state index contributed by atoms with van der Waals surface area (Å²) in [7, 11) is 0. The van der Waals surface area contributed by atoms with Crippen LogP contribution in [-0.2, 0) is 24.1 Å². The van der Waals surface area contributed by atoms with Crippen LogP contribution in [0.1, 0.15) is 23.1 Å². The molecule has 3 rings (SSSR count). The first kappa shape index (κ1) is 14.1. The molecule has 0 fully saturated rings. The van der Waals surface area contributed by atoms with Crippen LogP contribution in [0.5, 0.6) is 0 Å². The number of anilines is 1. The summed E-state index contributed by atoms with van der Waals surface area (Å²) < 4.78 is 13.6. The van der Waals surface area contributed by atoms with Crippen LogP contribution in [0.4, 0.5) is 10.1 Å². The van der Waals surface area contributed by atoms with E-state index in [1.165, 1.54) is 29.7 Å². The van der Waals surface area contributed by atoms with Gasteiger partial charge in [0.25, 0.3) is 0 Å². The van der Waals surface area contributed by atoms with Crippen LogP contribution in [0.3, 0.4) is 0 Å². The maximum Gasteiger partial charge on any atom is 0.228 e. The van der Waals surface area contributed by atoms with Crippen LogP contribution < -0.4 is 5.32 Å². The molecule has 0 unspecified atom stereocenters. The maximum absolute atomic E-state index is 13.6. The van der Waals surface area contributed by atoms with E-state index in [1.807, 2.05) is 6.07 Å². The molecule has 21 heavy (non-hydrogen) atoms. The largest absolute Gasteiger partial charge is 0.323 e. The Morgan fingerprint density at radius 3 is 2.76 bits per heavy atom. The van der Waals surface area contributed by atoms with Crippen molar-refractivity contribution in [2.24, 2.45) is 0 Å². The molecule has 1 aliphatic rings. The lowest BCUT2D eigenvalue weighted by atomic mass is 10.0. The highest BCUT2D eigenvalue weighted by atomic mass is 35.5. The average Bonchev–Trinajstić information content (AvgIpc) is 2.89. The second kappa shape index (κ2) is 5.86. The highest BCUT2D eigenvalue weighted by Gasteiger charge is 2.13. The van der Waals surface area contributed by atoms with Gasteiger partial charge in [-0.3, -0.25) is 4.79 Å². The summed E-state index contributed by atoms with van der Waals surface area (Å²) in [6.45, 7) is 0. The van der Waals surface area contributed by atoms with Gasteiger partial charge >= 0.3 is 0 Å². The molecule has 4 heteroatoms. The minimum atomic E-state index is -0.523. The van der Waals surface area contributed by atoms with Gasteiger partial charge in [-0.15, -0.1) is 0 Å². The van der Waals surface area contributed by atoms with Gasteiger partial charge in [-0.1, -0.05) is 29.8 Å². The third-order valence-corrected chi connectivity index (χ3v) is 3.97. The molecule has 2 aromatic rings. The molecular weight excluding hydrogens is 289 g/mol. The fourth-order valence-electron chi connectivity index (χ4n) is 2.71. The van der Waals surface area contributed by atoms with Crippen molar-refractivity contribution in [1.29, 1.82) is 0 Å². The molecular formula is C17H15ClFNO. The predicted octanol–water partition coefficient (Wildman–Crippen LogP) is 4.15. The molecule has 1 amide bonds. The average molecular weight is 304 g/mol. The van der Waals surface area contributed by atoms with Crippen molar-refractivity contribution in [2.75, 3.05) is 5.32 Å². The monoisotopic (exact) mass is 303 g/mol. The minimum Gasteiger partial charge on any atom is -0.323 e. The molecule has 2 nitrogen and oxygen atoms in total. The third kappa shape index (κ3) is 3.24. The van der Waals surface area contributed by atoms with E-state index in [0.29, 0.717) is 5.02 Å². The Bertz CT molecular complexity index is 699. The zero-order valence-corrected chi connectivity index (χ0v) is 12.2. The zero-order valence-electron chi connectivity index (χ0n) is 11.5. The van der Waals surface area contributed by atoms with Gasteiger partial charge in [0.15, 0.2) is 0 Å². The molecule has 0 aliphatic heterocycles. The number of rotatable bonds is 3. The van der Waals surface area contributed by atoms with Crippen molar-refractivity contribution in [3.05, 3.63) is 63.9 Å². The van der Waals surface area contributed by atoms with Crippen LogP contribution in [0.25, 0.3) is 0 Å². The van der Waals surface area contributed by atoms with Crippen molar-refractivity contribution in [3.8, 4) is 0 Å². The van der Waals surface area contributed by atoms with Gasteiger partial charge in [0.2, 0.25) is 5.91 Å². The molecule has 0 saturated heterocycles. The molecule has 0 heterocycles. The van der Waals surface area contributed by atoms with Crippen molar-refractivity contribution in [3.63, 3.8) is 0 Å². The van der Waals surface area contributed by atoms with Crippen LogP contribution in [0.2, 0.25) is 5.02 Å². The van der Waals surface area contributed by atoms with Gasteiger partial charge in [-0.05, 0) is 54.2 Å². The number of fused-ring (bicyclic) bond motifs is 1. The molecule has 0 radical (unpaired) electrons. The van der Waals surface area contributed by atoms with Gasteiger partial charge in [0.1, 0.15) is 5.82 Å². The van der Waals surface area contributed by atoms with E-state index in [0.717, 1.165) is 18.4 Å². The Kier molecular flexibility index (Phi) is 3.93. The minimum absolute atomic E-state index is 0.158. The van der Waals surface area contributed by atoms with E-state index in [-0.39, 0.29) is 18.0 Å². The second-order valence-corrected chi connectivity index (χ2v) is 5.74. The lowest BCUT2D eigenvalue weighted by molar-refractivity contribution is -0.115. The van der Waals surface area contributed by atoms with E-state index < -0.39 is 5.82 Å². The summed E-state index contributed by atoms with van der Waals surface area (Å²) in [5.74, 6) is -0.751. The standard InChI is InChI=1S/C17H15ClFNO/c18-14-6-7-16(15(19)10-14)20-17(21)9-11-4-5-12-2-1-3-13(12)8-11/h4-8,10H,1-3,9H2,(H,20,21). The Hall–Kier alpha value is -1.87. The lowest BCUT2D eigenvalue weighted by Gasteiger charge is -2.08. The molecule has 108 valence electrons. The zero-order chi connectivity index (χ0) is 14.8. The molecule has 0 atom stereocenters. The summed E-state index contributed by atoms with van der Waals surface area (Å²) in [5, 5.41) is 2.89. The highest BCUT2D eigenvalue weighted by molar-refractivity contribution is 6.30. The van der Waals surface area contributed by atoms with E-state index in [1.54, 1.807) is 6.07 Å². The summed E-state index contributed by atoms with van der Waals surface area (Å²) >= 11 is 5.68. The number of carbonyl (C=O) groups excluding carboxylic acids is 1. The van der Waals surface area contributed by atoms with Crippen LogP contribution >= 0.6 is 11.6 Å². The number of halogens is 2. The fourth-order valence-corrected chi connectivity index (χ4v) is 2.86. The smallest absolute Gasteiger partial charge is 0.228 e. The normalized spacial score (nSPS) is 13.0. The summed E-state index contributed by atoms with van der Waals surface area (Å²) in [6.07, 6.45) is 3.63. The third-order valence-electron chi connectivity index (χ3n) is 3.73. The van der Waals surface area contributed by atoms with E-state index >= 15 is 0 Å². The predicted molar refractivity (Wildman–Crippen MR) is 82.2 cm³/mol. The number of nitrogens with one attached hydrogen (secondary N) is 1. The first-order chi connectivity index (χ1) is 10.1. The van der Waals surface area contributed by atoms with Crippen LogP contribution in [-0.4, -0.2) is 5.91 Å². The molecule has 0 spiro atoms. The maximum atomic E-state index is 13.6. The lowest BCUT2D eigenvalue weighted by Crippen LogP contribution is -2.15. The number of benzene rings is 2. The highest BCUT2D eigenvalue weighted by Crippen LogP contribution is 2.23. The Labute approximate surface area is 127 Å². The number of aryl methyl sites for hydroxylation is 2. The Morgan fingerprint density at radius 1 is 1.14 bits per heavy atom. The molecule has 0 saturated carbocycles. The summed E-state index contributed by atoms with van der Waals surface area (Å²) in [6, 6.07) is 10.4. The molecule has 1 N–H and O–H groups in total. The second-order valence-electron chi connectivity index (χ2n) is 5.31. The quantitative estimate of drug-likeness (QED) is 0.907. The Morgan fingerprint density at radius 2 is 1.95 bits per heavy atom. The summed E-state index contributed by atoms with van der Waals surface area (Å²) in [4.78, 5) is 12.0. The van der Waals surface area contributed by atoms with Crippen LogP contribution in [0.15, 0.2) is 36.4 Å². The van der Waals surface area contributed by atoms with Crippen molar-refractivity contribution < 1.29 is 9.18 Å². The molecule has 0 bridgehead atoms. The van der Waals surface area contributed by atoms with Crippen molar-refractivity contribution in [2.45, 2.75) is 25.7 Å². The van der Waals surface area contributed by atoms with Gasteiger partial charge in [0, 0.05) is 5.02 Å². The molecule has 2 aromatic carbocycles. The van der Waals surface area contributed by atoms with Gasteiger partial charge in [-0.2, -0.15) is 0 Å². The first-order valence-electron chi connectivity index (χ1n) is 6.97. The van der Waals surface area contributed by atoms with E-state index in [9.17, 15) is 9.18 Å². The molecule has 0 aromatic heterocycles. The van der Waals surface area contributed by atoms with E-state index in [2.05, 4.69) is 17.4 Å². The molecule has 1 aliphatic carbocycles. The van der Waals surface area contributed by atoms with Gasteiger partial charge < -0.3 is 5.32 Å². The van der Waals surface area contributed by atoms with Crippen molar-refractivity contribution >= 4 is 23.2 Å². The summed E-state index contributed by atoms with van der Waals surface area (Å²) in [5.41, 5.74) is 3.83. The van der Waals surface area contributed by atoms with Gasteiger partial charge in [-0.25, -0.2) is 4.39 Å². The SMILES string of the molecule is O=C(Cc1ccc2c(c1)CCC2)Nc1ccc(Cl)cc1F. The van der Waals surface area contributed by atoms with Crippen LogP contribution in [0, 0.1) is 5.82 Å². The van der Waals surface area contributed by atoms with Crippen molar-refractivity contribution in [1.82, 2.24) is 0 Å². The topological polar surface area (TPSA) is 29.1 Å². The van der Waals surface area contributed by atoms with E-state index in [4.69, 9.17) is 11.6 Å².